The quantitative estimate of drug-likeness (QED) is 0.168. The number of aliphatic carboxylic acids is 1. The average Bonchev–Trinajstić information content (AvgIpc) is 3.22. The van der Waals surface area contributed by atoms with Crippen LogP contribution in [0.25, 0.3) is 11.2 Å². The first-order chi connectivity index (χ1) is 18.9. The van der Waals surface area contributed by atoms with Gasteiger partial charge in [0.1, 0.15) is 11.3 Å². The summed E-state index contributed by atoms with van der Waals surface area (Å²) in [4.78, 5) is 34.8. The lowest BCUT2D eigenvalue weighted by molar-refractivity contribution is -0.136. The van der Waals surface area contributed by atoms with Crippen LogP contribution in [-0.4, -0.2) is 50.4 Å². The molecule has 4 aromatic rings. The van der Waals surface area contributed by atoms with Gasteiger partial charge in [-0.2, -0.15) is 9.97 Å². The number of benzene rings is 2. The van der Waals surface area contributed by atoms with Gasteiger partial charge in [-0.1, -0.05) is 49.7 Å². The number of carbonyl (C=O) groups is 1. The van der Waals surface area contributed by atoms with E-state index >= 15 is 0 Å². The lowest BCUT2D eigenvalue weighted by Gasteiger charge is -2.09. The first-order valence-corrected chi connectivity index (χ1v) is 13.0. The van der Waals surface area contributed by atoms with Crippen LogP contribution in [0.2, 0.25) is 0 Å². The van der Waals surface area contributed by atoms with Crippen molar-refractivity contribution in [3.8, 4) is 11.8 Å². The van der Waals surface area contributed by atoms with Crippen LogP contribution in [0.5, 0.6) is 11.8 Å². The Morgan fingerprint density at radius 2 is 1.82 bits per heavy atom. The number of carboxylic acids is 1. The fourth-order valence-corrected chi connectivity index (χ4v) is 4.07. The average molecular weight is 535 g/mol. The molecule has 39 heavy (non-hydrogen) atoms. The molecule has 11 nitrogen and oxygen atoms in total. The second-order valence-electron chi connectivity index (χ2n) is 9.22. The number of fused-ring (bicyclic) bond motifs is 1. The van der Waals surface area contributed by atoms with E-state index in [2.05, 4.69) is 27.2 Å². The molecule has 0 amide bonds. The minimum absolute atomic E-state index is 0.0248. The summed E-state index contributed by atoms with van der Waals surface area (Å²) in [5, 5.41) is 12.3. The summed E-state index contributed by atoms with van der Waals surface area (Å²) in [5.74, 6) is 0.0793. The fraction of sp³-hybridized carbons (Fsp3) is 0.357. The molecule has 2 aromatic heterocycles. The number of imidazole rings is 1. The normalized spacial score (nSPS) is 11.1. The highest BCUT2D eigenvalue weighted by Crippen LogP contribution is 2.20. The van der Waals surface area contributed by atoms with E-state index in [0.717, 1.165) is 48.2 Å². The molecule has 0 atom stereocenters. The molecule has 0 spiro atoms. The molecular weight excluding hydrogens is 500 g/mol. The Morgan fingerprint density at radius 3 is 2.59 bits per heavy atom. The van der Waals surface area contributed by atoms with E-state index in [9.17, 15) is 9.59 Å². The van der Waals surface area contributed by atoms with E-state index in [1.54, 1.807) is 0 Å². The minimum atomic E-state index is -0.834. The van der Waals surface area contributed by atoms with Crippen LogP contribution in [0.3, 0.4) is 0 Å². The van der Waals surface area contributed by atoms with Gasteiger partial charge in [-0.05, 0) is 48.2 Å². The summed E-state index contributed by atoms with van der Waals surface area (Å²) in [7, 11) is 0. The summed E-state index contributed by atoms with van der Waals surface area (Å²) in [6.45, 7) is 4.83. The molecule has 0 aliphatic heterocycles. The number of ether oxygens (including phenoxy) is 2. The molecule has 0 fully saturated rings. The number of aromatic amines is 1. The number of nitrogens with two attached hydrogens (primary N) is 1. The van der Waals surface area contributed by atoms with Gasteiger partial charge in [0.15, 0.2) is 11.5 Å². The second-order valence-corrected chi connectivity index (χ2v) is 9.22. The van der Waals surface area contributed by atoms with Gasteiger partial charge in [-0.25, -0.2) is 4.79 Å². The number of hydrogen-bond acceptors (Lipinski definition) is 8. The van der Waals surface area contributed by atoms with Crippen LogP contribution >= 0.6 is 0 Å². The topological polar surface area (TPSA) is 157 Å². The van der Waals surface area contributed by atoms with E-state index in [-0.39, 0.29) is 23.9 Å². The number of nitrogen functional groups attached to an aromatic ring is 1. The zero-order chi connectivity index (χ0) is 27.6. The van der Waals surface area contributed by atoms with Crippen LogP contribution in [0.4, 0.5) is 5.82 Å². The number of nitrogens with zero attached hydrogens (tertiary/aromatic N) is 3. The SMILES string of the molecule is CCCCOc1nc(N)c2[nH]c(=O)n(Cc3ccc(OCCCNCc4cccc(CC(=O)O)c4)cc3)c2n1. The molecule has 206 valence electrons. The summed E-state index contributed by atoms with van der Waals surface area (Å²) in [5.41, 5.74) is 9.25. The molecule has 5 N–H and O–H groups in total. The highest BCUT2D eigenvalue weighted by Gasteiger charge is 2.15. The molecule has 0 bridgehead atoms. The van der Waals surface area contributed by atoms with Crippen LogP contribution < -0.4 is 26.2 Å². The third kappa shape index (κ3) is 7.81. The highest BCUT2D eigenvalue weighted by molar-refractivity contribution is 5.82. The summed E-state index contributed by atoms with van der Waals surface area (Å²) in [6.07, 6.45) is 2.69. The van der Waals surface area contributed by atoms with Crippen molar-refractivity contribution in [2.45, 2.75) is 45.7 Å². The van der Waals surface area contributed by atoms with Gasteiger partial charge in [0.2, 0.25) is 0 Å². The summed E-state index contributed by atoms with van der Waals surface area (Å²) in [6, 6.07) is 15.3. The van der Waals surface area contributed by atoms with Gasteiger partial charge in [0.05, 0.1) is 26.2 Å². The number of carboxylic acid groups (broad SMARTS) is 1. The van der Waals surface area contributed by atoms with E-state index in [0.29, 0.717) is 37.5 Å². The van der Waals surface area contributed by atoms with E-state index in [1.807, 2.05) is 48.5 Å². The van der Waals surface area contributed by atoms with Crippen molar-refractivity contribution in [1.82, 2.24) is 24.8 Å². The molecule has 2 heterocycles. The molecular formula is C28H34N6O5. The third-order valence-corrected chi connectivity index (χ3v) is 6.07. The van der Waals surface area contributed by atoms with Gasteiger partial charge in [-0.15, -0.1) is 0 Å². The van der Waals surface area contributed by atoms with Crippen LogP contribution in [0, 0.1) is 0 Å². The number of hydrogen-bond donors (Lipinski definition) is 4. The highest BCUT2D eigenvalue weighted by atomic mass is 16.5. The van der Waals surface area contributed by atoms with Crippen molar-refractivity contribution in [3.63, 3.8) is 0 Å². The number of rotatable bonds is 15. The predicted molar refractivity (Wildman–Crippen MR) is 148 cm³/mol. The maximum Gasteiger partial charge on any atom is 0.328 e. The Hall–Kier alpha value is -4.38. The lowest BCUT2D eigenvalue weighted by atomic mass is 10.1. The lowest BCUT2D eigenvalue weighted by Crippen LogP contribution is -2.18. The van der Waals surface area contributed by atoms with Gasteiger partial charge in [-0.3, -0.25) is 9.36 Å². The van der Waals surface area contributed by atoms with Crippen LogP contribution in [0.15, 0.2) is 53.3 Å². The maximum absolute atomic E-state index is 12.6. The Labute approximate surface area is 226 Å². The zero-order valence-electron chi connectivity index (χ0n) is 22.0. The largest absolute Gasteiger partial charge is 0.494 e. The van der Waals surface area contributed by atoms with E-state index in [4.69, 9.17) is 20.3 Å². The van der Waals surface area contributed by atoms with E-state index < -0.39 is 5.97 Å². The molecule has 0 unspecified atom stereocenters. The summed E-state index contributed by atoms with van der Waals surface area (Å²) >= 11 is 0. The number of anilines is 1. The van der Waals surface area contributed by atoms with Crippen molar-refractivity contribution < 1.29 is 19.4 Å². The molecule has 0 radical (unpaired) electrons. The first kappa shape index (κ1) is 27.6. The zero-order valence-corrected chi connectivity index (χ0v) is 22.0. The summed E-state index contributed by atoms with van der Waals surface area (Å²) < 4.78 is 13.0. The predicted octanol–water partition coefficient (Wildman–Crippen LogP) is 3.11. The number of aromatic nitrogens is 4. The van der Waals surface area contributed by atoms with Crippen LogP contribution in [-0.2, 0) is 24.3 Å². The van der Waals surface area contributed by atoms with Gasteiger partial charge in [0.25, 0.3) is 0 Å². The van der Waals surface area contributed by atoms with Gasteiger partial charge in [0, 0.05) is 6.54 Å². The molecule has 4 rings (SSSR count). The Bertz CT molecular complexity index is 1450. The Balaban J connectivity index is 1.26. The number of unbranched alkanes of at least 4 members (excludes halogenated alkanes) is 1. The van der Waals surface area contributed by atoms with Crippen molar-refractivity contribution in [3.05, 3.63) is 75.7 Å². The fourth-order valence-electron chi connectivity index (χ4n) is 4.07. The van der Waals surface area contributed by atoms with Crippen molar-refractivity contribution in [1.29, 1.82) is 0 Å². The van der Waals surface area contributed by atoms with Crippen LogP contribution in [0.1, 0.15) is 42.9 Å². The molecule has 0 aliphatic carbocycles. The Morgan fingerprint density at radius 1 is 1.05 bits per heavy atom. The molecule has 0 aliphatic rings. The minimum Gasteiger partial charge on any atom is -0.494 e. The maximum atomic E-state index is 12.6. The molecule has 2 aromatic carbocycles. The molecule has 0 saturated heterocycles. The Kier molecular flexibility index (Phi) is 9.52. The standard InChI is InChI=1S/C28H34N6O5/c1-2-3-13-39-27-32-25(29)24-26(33-27)34(28(37)31-24)18-19-8-10-22(11-9-19)38-14-5-12-30-17-21-7-4-6-20(15-21)16-23(35)36/h4,6-11,15,30H,2-3,5,12-14,16-18H2,1H3,(H,31,37)(H,35,36)(H2,29,32,33). The van der Waals surface area contributed by atoms with E-state index in [1.165, 1.54) is 4.57 Å². The molecule has 0 saturated carbocycles. The van der Waals surface area contributed by atoms with Gasteiger partial charge >= 0.3 is 17.7 Å². The first-order valence-electron chi connectivity index (χ1n) is 13.0. The van der Waals surface area contributed by atoms with Gasteiger partial charge < -0.3 is 30.6 Å². The van der Waals surface area contributed by atoms with Crippen molar-refractivity contribution in [2.75, 3.05) is 25.5 Å². The third-order valence-electron chi connectivity index (χ3n) is 6.07. The smallest absolute Gasteiger partial charge is 0.328 e. The molecule has 11 heteroatoms. The number of nitrogens with one attached hydrogen (secondary N) is 2. The monoisotopic (exact) mass is 534 g/mol. The second kappa shape index (κ2) is 13.4. The van der Waals surface area contributed by atoms with Crippen molar-refractivity contribution >= 4 is 23.0 Å². The van der Waals surface area contributed by atoms with Crippen molar-refractivity contribution in [2.24, 2.45) is 0 Å². The number of H-pyrrole nitrogens is 1.